The van der Waals surface area contributed by atoms with Crippen molar-refractivity contribution < 1.29 is 28.6 Å². The first-order valence-electron chi connectivity index (χ1n) is 31.3. The number of hydrogen-bond acceptors (Lipinski definition) is 6. The number of rotatable bonds is 57. The fourth-order valence-corrected chi connectivity index (χ4v) is 9.73. The molecule has 0 aliphatic heterocycles. The van der Waals surface area contributed by atoms with Gasteiger partial charge in [0.25, 0.3) is 0 Å². The average molecular weight is 976 g/mol. The smallest absolute Gasteiger partial charge is 0.306 e. The van der Waals surface area contributed by atoms with E-state index in [1.807, 2.05) is 0 Å². The highest BCUT2D eigenvalue weighted by atomic mass is 16.6. The van der Waals surface area contributed by atoms with Crippen LogP contribution < -0.4 is 0 Å². The number of ether oxygens (including phenoxy) is 3. The standard InChI is InChI=1S/C63H122O6/c1-6-8-9-10-11-12-13-14-15-16-17-18-23-30-35-40-45-50-55-63(66)69-60(57-68-62(65)54-49-44-39-34-29-25-24-26-31-36-41-46-51-58(3)4)56-67-61(64)53-48-43-38-33-28-22-20-19-21-27-32-37-42-47-52-59(5)7-2/h58-60H,6-57H2,1-5H3/t59?,60-/m0/s1. The molecule has 0 aromatic heterocycles. The topological polar surface area (TPSA) is 78.9 Å². The molecule has 410 valence electrons. The molecule has 6 nitrogen and oxygen atoms in total. The van der Waals surface area contributed by atoms with Crippen LogP contribution in [0.15, 0.2) is 0 Å². The molecule has 0 aliphatic rings. The average Bonchev–Trinajstić information content (AvgIpc) is 3.34. The first-order valence-corrected chi connectivity index (χ1v) is 31.3. The van der Waals surface area contributed by atoms with E-state index >= 15 is 0 Å². The molecule has 0 heterocycles. The van der Waals surface area contributed by atoms with Crippen LogP contribution in [0.25, 0.3) is 0 Å². The molecule has 0 amide bonds. The van der Waals surface area contributed by atoms with E-state index in [4.69, 9.17) is 14.2 Å². The number of esters is 3. The highest BCUT2D eigenvalue weighted by Crippen LogP contribution is 2.19. The summed E-state index contributed by atoms with van der Waals surface area (Å²) in [4.78, 5) is 38.3. The van der Waals surface area contributed by atoms with Crippen LogP contribution in [0.5, 0.6) is 0 Å². The van der Waals surface area contributed by atoms with Crippen LogP contribution in [0, 0.1) is 11.8 Å². The third-order valence-corrected chi connectivity index (χ3v) is 14.8. The summed E-state index contributed by atoms with van der Waals surface area (Å²) in [7, 11) is 0. The highest BCUT2D eigenvalue weighted by molar-refractivity contribution is 5.71. The van der Waals surface area contributed by atoms with Crippen LogP contribution in [0.4, 0.5) is 0 Å². The Kier molecular flexibility index (Phi) is 54.4. The van der Waals surface area contributed by atoms with Crippen LogP contribution in [0.1, 0.15) is 356 Å². The molecule has 0 aliphatic carbocycles. The van der Waals surface area contributed by atoms with Crippen LogP contribution in [0.3, 0.4) is 0 Å². The van der Waals surface area contributed by atoms with Gasteiger partial charge in [-0.3, -0.25) is 14.4 Å². The first kappa shape index (κ1) is 67.4. The minimum atomic E-state index is -0.763. The van der Waals surface area contributed by atoms with Crippen molar-refractivity contribution in [2.75, 3.05) is 13.2 Å². The minimum absolute atomic E-state index is 0.0622. The molecule has 0 N–H and O–H groups in total. The van der Waals surface area contributed by atoms with Crippen molar-refractivity contribution in [3.05, 3.63) is 0 Å². The normalized spacial score (nSPS) is 12.4. The van der Waals surface area contributed by atoms with Crippen molar-refractivity contribution in [1.82, 2.24) is 0 Å². The Morgan fingerprint density at radius 1 is 0.304 bits per heavy atom. The Hall–Kier alpha value is -1.59. The van der Waals surface area contributed by atoms with E-state index in [1.54, 1.807) is 0 Å². The second kappa shape index (κ2) is 55.7. The predicted molar refractivity (Wildman–Crippen MR) is 298 cm³/mol. The third-order valence-electron chi connectivity index (χ3n) is 14.8. The van der Waals surface area contributed by atoms with Gasteiger partial charge in [0.05, 0.1) is 0 Å². The maximum atomic E-state index is 12.9. The lowest BCUT2D eigenvalue weighted by Gasteiger charge is -2.18. The van der Waals surface area contributed by atoms with Gasteiger partial charge in [-0.15, -0.1) is 0 Å². The zero-order chi connectivity index (χ0) is 50.4. The van der Waals surface area contributed by atoms with Crippen LogP contribution in [-0.4, -0.2) is 37.2 Å². The molecule has 0 saturated heterocycles. The summed E-state index contributed by atoms with van der Waals surface area (Å²) in [6.07, 6.45) is 60.9. The summed E-state index contributed by atoms with van der Waals surface area (Å²) in [5.41, 5.74) is 0. The predicted octanol–water partition coefficient (Wildman–Crippen LogP) is 20.8. The zero-order valence-electron chi connectivity index (χ0n) is 47.5. The molecule has 69 heavy (non-hydrogen) atoms. The molecule has 0 bridgehead atoms. The van der Waals surface area contributed by atoms with Crippen LogP contribution in [-0.2, 0) is 28.6 Å². The number of hydrogen-bond donors (Lipinski definition) is 0. The molecule has 0 fully saturated rings. The Morgan fingerprint density at radius 2 is 0.551 bits per heavy atom. The monoisotopic (exact) mass is 975 g/mol. The third kappa shape index (κ3) is 55.6. The summed E-state index contributed by atoms with van der Waals surface area (Å²) in [6.45, 7) is 11.5. The molecule has 6 heteroatoms. The highest BCUT2D eigenvalue weighted by Gasteiger charge is 2.19. The summed E-state index contributed by atoms with van der Waals surface area (Å²) in [5, 5.41) is 0. The molecule has 0 rings (SSSR count). The summed E-state index contributed by atoms with van der Waals surface area (Å²) >= 11 is 0. The molecule has 0 aromatic carbocycles. The van der Waals surface area contributed by atoms with Crippen molar-refractivity contribution in [2.45, 2.75) is 362 Å². The molecule has 0 saturated carbocycles. The van der Waals surface area contributed by atoms with Gasteiger partial charge < -0.3 is 14.2 Å². The molecular weight excluding hydrogens is 853 g/mol. The largest absolute Gasteiger partial charge is 0.462 e. The number of carbonyl (C=O) groups is 3. The van der Waals surface area contributed by atoms with E-state index in [2.05, 4.69) is 34.6 Å². The Labute approximate surface area is 431 Å². The van der Waals surface area contributed by atoms with E-state index in [9.17, 15) is 14.4 Å². The Bertz CT molecular complexity index is 1060. The van der Waals surface area contributed by atoms with Crippen LogP contribution >= 0.6 is 0 Å². The van der Waals surface area contributed by atoms with Gasteiger partial charge in [0.15, 0.2) is 6.10 Å². The van der Waals surface area contributed by atoms with Crippen molar-refractivity contribution >= 4 is 17.9 Å². The number of carbonyl (C=O) groups excluding carboxylic acids is 3. The van der Waals surface area contributed by atoms with E-state index in [0.29, 0.717) is 19.3 Å². The fraction of sp³-hybridized carbons (Fsp3) is 0.952. The van der Waals surface area contributed by atoms with Gasteiger partial charge in [-0.2, -0.15) is 0 Å². The molecule has 2 atom stereocenters. The quantitative estimate of drug-likeness (QED) is 0.0343. The van der Waals surface area contributed by atoms with Gasteiger partial charge in [-0.25, -0.2) is 0 Å². The van der Waals surface area contributed by atoms with Gasteiger partial charge in [0, 0.05) is 19.3 Å². The second-order valence-corrected chi connectivity index (χ2v) is 22.4. The minimum Gasteiger partial charge on any atom is -0.462 e. The molecule has 0 spiro atoms. The summed E-state index contributed by atoms with van der Waals surface area (Å²) < 4.78 is 16.9. The Balaban J connectivity index is 4.29. The summed E-state index contributed by atoms with van der Waals surface area (Å²) in [5.74, 6) is 0.896. The Morgan fingerprint density at radius 3 is 0.826 bits per heavy atom. The lowest BCUT2D eigenvalue weighted by molar-refractivity contribution is -0.167. The van der Waals surface area contributed by atoms with Crippen molar-refractivity contribution in [2.24, 2.45) is 11.8 Å². The lowest BCUT2D eigenvalue weighted by Crippen LogP contribution is -2.30. The first-order chi connectivity index (χ1) is 33.8. The van der Waals surface area contributed by atoms with Gasteiger partial charge >= 0.3 is 17.9 Å². The van der Waals surface area contributed by atoms with Gasteiger partial charge in [0.2, 0.25) is 0 Å². The fourth-order valence-electron chi connectivity index (χ4n) is 9.73. The van der Waals surface area contributed by atoms with Gasteiger partial charge in [-0.1, -0.05) is 317 Å². The SMILES string of the molecule is CCCCCCCCCCCCCCCCCCCCC(=O)O[C@@H](COC(=O)CCCCCCCCCCCCCCCCC(C)CC)COC(=O)CCCCCCCCCCCCCCC(C)C. The van der Waals surface area contributed by atoms with Crippen LogP contribution in [0.2, 0.25) is 0 Å². The molecule has 1 unspecified atom stereocenters. The van der Waals surface area contributed by atoms with E-state index in [1.165, 1.54) is 244 Å². The molecule has 0 radical (unpaired) electrons. The van der Waals surface area contributed by atoms with E-state index < -0.39 is 6.10 Å². The van der Waals surface area contributed by atoms with Crippen molar-refractivity contribution in [3.63, 3.8) is 0 Å². The zero-order valence-corrected chi connectivity index (χ0v) is 47.5. The second-order valence-electron chi connectivity index (χ2n) is 22.4. The van der Waals surface area contributed by atoms with Crippen molar-refractivity contribution in [3.8, 4) is 0 Å². The molecule has 0 aromatic rings. The van der Waals surface area contributed by atoms with Gasteiger partial charge in [0.1, 0.15) is 13.2 Å². The number of unbranched alkanes of at least 4 members (excludes halogenated alkanes) is 41. The van der Waals surface area contributed by atoms with E-state index in [0.717, 1.165) is 69.6 Å². The van der Waals surface area contributed by atoms with Gasteiger partial charge in [-0.05, 0) is 31.1 Å². The van der Waals surface area contributed by atoms with E-state index in [-0.39, 0.29) is 31.1 Å². The maximum absolute atomic E-state index is 12.9. The molecular formula is C63H122O6. The van der Waals surface area contributed by atoms with Crippen molar-refractivity contribution in [1.29, 1.82) is 0 Å². The maximum Gasteiger partial charge on any atom is 0.306 e. The lowest BCUT2D eigenvalue weighted by atomic mass is 9.99. The summed E-state index contributed by atoms with van der Waals surface area (Å²) in [6, 6.07) is 0.